The molecule has 0 spiro atoms. The highest BCUT2D eigenvalue weighted by Crippen LogP contribution is 2.16. The summed E-state index contributed by atoms with van der Waals surface area (Å²) in [6.45, 7) is 4.32. The van der Waals surface area contributed by atoms with Gasteiger partial charge in [0.2, 0.25) is 10.0 Å². The molecule has 0 aliphatic carbocycles. The number of rotatable bonds is 5. The van der Waals surface area contributed by atoms with Crippen LogP contribution in [0.1, 0.15) is 35.7 Å². The van der Waals surface area contributed by atoms with Gasteiger partial charge < -0.3 is 5.32 Å². The Bertz CT molecular complexity index is 538. The molecule has 0 aliphatic rings. The van der Waals surface area contributed by atoms with Crippen molar-refractivity contribution in [3.63, 3.8) is 0 Å². The Hall–Kier alpha value is -1.40. The quantitative estimate of drug-likeness (QED) is 0.787. The minimum atomic E-state index is -3.89. The van der Waals surface area contributed by atoms with E-state index in [1.165, 1.54) is 12.1 Å². The van der Waals surface area contributed by atoms with E-state index in [-0.39, 0.29) is 10.5 Å². The topological polar surface area (TPSA) is 89.3 Å². The number of hydrogen-bond donors (Lipinski definition) is 2. The molecule has 0 fully saturated rings. The third-order valence-electron chi connectivity index (χ3n) is 2.50. The van der Waals surface area contributed by atoms with Crippen molar-refractivity contribution in [3.05, 3.63) is 29.3 Å². The number of sulfonamides is 1. The molecule has 0 bridgehead atoms. The molecular weight excluding hydrogens is 252 g/mol. The van der Waals surface area contributed by atoms with Crippen LogP contribution in [0.15, 0.2) is 23.1 Å². The normalized spacial score (nSPS) is 11.3. The van der Waals surface area contributed by atoms with Crippen LogP contribution in [0.3, 0.4) is 0 Å². The zero-order valence-electron chi connectivity index (χ0n) is 10.6. The van der Waals surface area contributed by atoms with Crippen LogP contribution in [-0.4, -0.2) is 20.9 Å². The van der Waals surface area contributed by atoms with Crippen molar-refractivity contribution in [2.24, 2.45) is 5.14 Å². The van der Waals surface area contributed by atoms with E-state index in [1.54, 1.807) is 13.0 Å². The Morgan fingerprint density at radius 1 is 1.39 bits per heavy atom. The molecule has 1 amide bonds. The number of carbonyl (C=O) groups excluding carboxylic acids is 1. The molecule has 18 heavy (non-hydrogen) atoms. The second-order valence-electron chi connectivity index (χ2n) is 4.15. The molecule has 3 N–H and O–H groups in total. The lowest BCUT2D eigenvalue weighted by Crippen LogP contribution is -2.27. The number of aryl methyl sites for hydroxylation is 1. The summed E-state index contributed by atoms with van der Waals surface area (Å²) in [5.41, 5.74) is 0.914. The van der Waals surface area contributed by atoms with Crippen LogP contribution in [-0.2, 0) is 10.0 Å². The zero-order chi connectivity index (χ0) is 13.8. The Balaban J connectivity index is 3.06. The van der Waals surface area contributed by atoms with E-state index in [4.69, 9.17) is 5.14 Å². The van der Waals surface area contributed by atoms with Crippen LogP contribution in [0, 0.1) is 6.92 Å². The zero-order valence-corrected chi connectivity index (χ0v) is 11.4. The lowest BCUT2D eigenvalue weighted by Gasteiger charge is -2.09. The van der Waals surface area contributed by atoms with Gasteiger partial charge in [-0.3, -0.25) is 4.79 Å². The molecule has 0 saturated carbocycles. The van der Waals surface area contributed by atoms with Gasteiger partial charge in [-0.15, -0.1) is 0 Å². The smallest absolute Gasteiger partial charge is 0.252 e. The second-order valence-corrected chi connectivity index (χ2v) is 5.68. The van der Waals surface area contributed by atoms with Gasteiger partial charge >= 0.3 is 0 Å². The number of benzene rings is 1. The second kappa shape index (κ2) is 5.97. The Kier molecular flexibility index (Phi) is 4.86. The van der Waals surface area contributed by atoms with Crippen LogP contribution in [0.4, 0.5) is 0 Å². The van der Waals surface area contributed by atoms with E-state index in [2.05, 4.69) is 5.32 Å². The molecule has 1 aromatic carbocycles. The Morgan fingerprint density at radius 2 is 2.06 bits per heavy atom. The molecule has 0 heterocycles. The maximum absolute atomic E-state index is 11.9. The van der Waals surface area contributed by atoms with Gasteiger partial charge in [-0.25, -0.2) is 13.6 Å². The molecule has 1 aromatic rings. The van der Waals surface area contributed by atoms with Crippen molar-refractivity contribution in [3.8, 4) is 0 Å². The van der Waals surface area contributed by atoms with Gasteiger partial charge in [-0.1, -0.05) is 25.0 Å². The van der Waals surface area contributed by atoms with E-state index in [0.717, 1.165) is 18.4 Å². The monoisotopic (exact) mass is 270 g/mol. The molecule has 0 saturated heterocycles. The van der Waals surface area contributed by atoms with Gasteiger partial charge in [-0.05, 0) is 25.5 Å². The predicted octanol–water partition coefficient (Wildman–Crippen LogP) is 1.17. The van der Waals surface area contributed by atoms with E-state index in [1.807, 2.05) is 6.92 Å². The minimum Gasteiger partial charge on any atom is -0.352 e. The summed E-state index contributed by atoms with van der Waals surface area (Å²) < 4.78 is 22.8. The first kappa shape index (κ1) is 14.7. The molecule has 100 valence electrons. The fraction of sp³-hybridized carbons (Fsp3) is 0.417. The molecular formula is C12H18N2O3S. The van der Waals surface area contributed by atoms with E-state index in [9.17, 15) is 13.2 Å². The molecule has 5 nitrogen and oxygen atoms in total. The summed E-state index contributed by atoms with van der Waals surface area (Å²) in [4.78, 5) is 11.8. The highest BCUT2D eigenvalue weighted by Gasteiger charge is 2.18. The number of hydrogen-bond acceptors (Lipinski definition) is 3. The largest absolute Gasteiger partial charge is 0.352 e. The van der Waals surface area contributed by atoms with Gasteiger partial charge in [0.1, 0.15) is 0 Å². The molecule has 0 aromatic heterocycles. The maximum Gasteiger partial charge on any atom is 0.252 e. The third kappa shape index (κ3) is 3.82. The average molecular weight is 270 g/mol. The van der Waals surface area contributed by atoms with Gasteiger partial charge in [0.15, 0.2) is 0 Å². The highest BCUT2D eigenvalue weighted by atomic mass is 32.2. The number of unbranched alkanes of at least 4 members (excludes halogenated alkanes) is 1. The highest BCUT2D eigenvalue weighted by molar-refractivity contribution is 7.89. The van der Waals surface area contributed by atoms with Crippen molar-refractivity contribution in [2.75, 3.05) is 6.54 Å². The van der Waals surface area contributed by atoms with Crippen LogP contribution in [0.2, 0.25) is 0 Å². The standard InChI is InChI=1S/C12H18N2O3S/c1-3-4-7-14-12(15)10-8-9(2)5-6-11(10)18(13,16)17/h5-6,8H,3-4,7H2,1-2H3,(H,14,15)(H2,13,16,17). The van der Waals surface area contributed by atoms with Crippen LogP contribution in [0.5, 0.6) is 0 Å². The Morgan fingerprint density at radius 3 is 2.61 bits per heavy atom. The summed E-state index contributed by atoms with van der Waals surface area (Å²) in [5, 5.41) is 7.77. The summed E-state index contributed by atoms with van der Waals surface area (Å²) in [5.74, 6) is -0.406. The lowest BCUT2D eigenvalue weighted by molar-refractivity contribution is 0.0949. The predicted molar refractivity (Wildman–Crippen MR) is 69.8 cm³/mol. The molecule has 0 aliphatic heterocycles. The third-order valence-corrected chi connectivity index (χ3v) is 3.47. The van der Waals surface area contributed by atoms with Gasteiger partial charge in [0, 0.05) is 6.54 Å². The van der Waals surface area contributed by atoms with Gasteiger partial charge in [-0.2, -0.15) is 0 Å². The first-order chi connectivity index (χ1) is 8.36. The summed E-state index contributed by atoms with van der Waals surface area (Å²) in [7, 11) is -3.89. The van der Waals surface area contributed by atoms with Crippen molar-refractivity contribution in [1.29, 1.82) is 0 Å². The van der Waals surface area contributed by atoms with Crippen LogP contribution >= 0.6 is 0 Å². The van der Waals surface area contributed by atoms with Crippen molar-refractivity contribution >= 4 is 15.9 Å². The van der Waals surface area contributed by atoms with Gasteiger partial charge in [0.25, 0.3) is 5.91 Å². The number of nitrogens with two attached hydrogens (primary N) is 1. The SMILES string of the molecule is CCCCNC(=O)c1cc(C)ccc1S(N)(=O)=O. The van der Waals surface area contributed by atoms with Crippen LogP contribution < -0.4 is 10.5 Å². The number of amides is 1. The van der Waals surface area contributed by atoms with E-state index >= 15 is 0 Å². The lowest BCUT2D eigenvalue weighted by atomic mass is 10.1. The van der Waals surface area contributed by atoms with E-state index < -0.39 is 15.9 Å². The average Bonchev–Trinajstić information content (AvgIpc) is 2.27. The molecule has 6 heteroatoms. The van der Waals surface area contributed by atoms with Crippen LogP contribution in [0.25, 0.3) is 0 Å². The fourth-order valence-corrected chi connectivity index (χ4v) is 2.26. The number of carbonyl (C=O) groups is 1. The first-order valence-corrected chi connectivity index (χ1v) is 7.32. The number of primary sulfonamides is 1. The summed E-state index contributed by atoms with van der Waals surface area (Å²) in [6.07, 6.45) is 1.80. The fourth-order valence-electron chi connectivity index (χ4n) is 1.54. The maximum atomic E-state index is 11.9. The molecule has 1 rings (SSSR count). The van der Waals surface area contributed by atoms with Crippen molar-refractivity contribution in [2.45, 2.75) is 31.6 Å². The molecule has 0 radical (unpaired) electrons. The first-order valence-electron chi connectivity index (χ1n) is 5.78. The van der Waals surface area contributed by atoms with Gasteiger partial charge in [0.05, 0.1) is 10.5 Å². The molecule has 0 unspecified atom stereocenters. The summed E-state index contributed by atoms with van der Waals surface area (Å²) >= 11 is 0. The molecule has 0 atom stereocenters. The summed E-state index contributed by atoms with van der Waals surface area (Å²) in [6, 6.07) is 4.50. The minimum absolute atomic E-state index is 0.105. The van der Waals surface area contributed by atoms with Crippen molar-refractivity contribution < 1.29 is 13.2 Å². The van der Waals surface area contributed by atoms with Crippen molar-refractivity contribution in [1.82, 2.24) is 5.32 Å². The Labute approximate surface area is 107 Å². The number of nitrogens with one attached hydrogen (secondary N) is 1. The van der Waals surface area contributed by atoms with E-state index in [0.29, 0.717) is 6.54 Å².